The van der Waals surface area contributed by atoms with Crippen LogP contribution in [0.15, 0.2) is 4.99 Å². The maximum atomic E-state index is 11.2. The Kier molecular flexibility index (Phi) is 5.46. The summed E-state index contributed by atoms with van der Waals surface area (Å²) in [4.78, 5) is 15.2. The highest BCUT2D eigenvalue weighted by Gasteiger charge is 2.22. The van der Waals surface area contributed by atoms with Gasteiger partial charge in [-0.3, -0.25) is 9.79 Å². The number of esters is 1. The van der Waals surface area contributed by atoms with Gasteiger partial charge in [-0.2, -0.15) is 0 Å². The Morgan fingerprint density at radius 3 is 2.92 bits per heavy atom. The fourth-order valence-corrected chi connectivity index (χ4v) is 1.17. The van der Waals surface area contributed by atoms with Gasteiger partial charge in [0.15, 0.2) is 0 Å². The second-order valence-corrected chi connectivity index (χ2v) is 2.82. The van der Waals surface area contributed by atoms with E-state index in [1.165, 1.54) is 0 Å². The zero-order chi connectivity index (χ0) is 8.97. The molecule has 1 atom stereocenters. The van der Waals surface area contributed by atoms with Crippen molar-refractivity contribution in [2.75, 3.05) is 13.2 Å². The first-order valence-corrected chi connectivity index (χ1v) is 4.19. The van der Waals surface area contributed by atoms with Gasteiger partial charge >= 0.3 is 5.97 Å². The molecule has 1 heterocycles. The molecule has 4 nitrogen and oxygen atoms in total. The summed E-state index contributed by atoms with van der Waals surface area (Å²) in [6.07, 6.45) is 1.48. The molecule has 0 radical (unpaired) electrons. The van der Waals surface area contributed by atoms with Crippen molar-refractivity contribution in [1.82, 2.24) is 0 Å². The lowest BCUT2D eigenvalue weighted by Crippen LogP contribution is -2.28. The molecule has 0 aromatic heterocycles. The number of nitrogens with zero attached hydrogens (tertiary/aromatic N) is 1. The lowest BCUT2D eigenvalue weighted by Gasteiger charge is -2.17. The molecule has 1 rings (SSSR count). The molecule has 0 aliphatic carbocycles. The number of amidine groups is 1. The number of halogens is 1. The van der Waals surface area contributed by atoms with Gasteiger partial charge in [-0.15, -0.1) is 12.4 Å². The number of hydrogen-bond donors (Lipinski definition) is 1. The monoisotopic (exact) mass is 206 g/mol. The molecule has 76 valence electrons. The van der Waals surface area contributed by atoms with Crippen molar-refractivity contribution >= 4 is 24.2 Å². The lowest BCUT2D eigenvalue weighted by atomic mass is 10.0. The van der Waals surface area contributed by atoms with Gasteiger partial charge in [0.1, 0.15) is 0 Å². The normalized spacial score (nSPS) is 21.3. The van der Waals surface area contributed by atoms with E-state index >= 15 is 0 Å². The summed E-state index contributed by atoms with van der Waals surface area (Å²) in [7, 11) is 0. The molecule has 1 unspecified atom stereocenters. The van der Waals surface area contributed by atoms with E-state index in [-0.39, 0.29) is 24.3 Å². The van der Waals surface area contributed by atoms with E-state index in [1.54, 1.807) is 6.92 Å². The van der Waals surface area contributed by atoms with Gasteiger partial charge < -0.3 is 10.5 Å². The van der Waals surface area contributed by atoms with Gasteiger partial charge in [0.25, 0.3) is 0 Å². The van der Waals surface area contributed by atoms with Crippen LogP contribution in [0.1, 0.15) is 19.8 Å². The number of aliphatic imine (C=N–C) groups is 1. The van der Waals surface area contributed by atoms with E-state index in [1.807, 2.05) is 0 Å². The van der Waals surface area contributed by atoms with E-state index in [2.05, 4.69) is 4.99 Å². The predicted octanol–water partition coefficient (Wildman–Crippen LogP) is 0.738. The van der Waals surface area contributed by atoms with Crippen LogP contribution in [0.5, 0.6) is 0 Å². The van der Waals surface area contributed by atoms with Crippen LogP contribution in [0, 0.1) is 5.92 Å². The highest BCUT2D eigenvalue weighted by atomic mass is 35.5. The molecular weight excluding hydrogens is 192 g/mol. The minimum absolute atomic E-state index is 0. The Balaban J connectivity index is 0.00000144. The van der Waals surface area contributed by atoms with Crippen LogP contribution < -0.4 is 5.73 Å². The third kappa shape index (κ3) is 3.63. The van der Waals surface area contributed by atoms with Crippen molar-refractivity contribution < 1.29 is 9.53 Å². The molecule has 0 amide bonds. The second kappa shape index (κ2) is 5.80. The van der Waals surface area contributed by atoms with Crippen LogP contribution >= 0.6 is 12.4 Å². The summed E-state index contributed by atoms with van der Waals surface area (Å²) < 4.78 is 4.87. The van der Waals surface area contributed by atoms with Crippen molar-refractivity contribution in [1.29, 1.82) is 0 Å². The highest BCUT2D eigenvalue weighted by Crippen LogP contribution is 2.13. The molecule has 1 aliphatic rings. The number of ether oxygens (including phenoxy) is 1. The zero-order valence-corrected chi connectivity index (χ0v) is 8.47. The van der Waals surface area contributed by atoms with E-state index in [0.29, 0.717) is 25.4 Å². The van der Waals surface area contributed by atoms with E-state index in [9.17, 15) is 4.79 Å². The summed E-state index contributed by atoms with van der Waals surface area (Å²) >= 11 is 0. The third-order valence-electron chi connectivity index (χ3n) is 1.88. The maximum Gasteiger partial charge on any atom is 0.310 e. The van der Waals surface area contributed by atoms with E-state index in [4.69, 9.17) is 10.5 Å². The molecule has 0 saturated heterocycles. The Bertz CT molecular complexity index is 206. The summed E-state index contributed by atoms with van der Waals surface area (Å²) in [5.74, 6) is 0.432. The summed E-state index contributed by atoms with van der Waals surface area (Å²) in [5, 5.41) is 0. The van der Waals surface area contributed by atoms with Crippen LogP contribution in [-0.4, -0.2) is 25.0 Å². The van der Waals surface area contributed by atoms with Crippen molar-refractivity contribution in [2.24, 2.45) is 16.6 Å². The van der Waals surface area contributed by atoms with Gasteiger partial charge in [-0.05, 0) is 13.3 Å². The molecule has 1 aliphatic heterocycles. The number of rotatable bonds is 2. The third-order valence-corrected chi connectivity index (χ3v) is 1.88. The molecule has 0 saturated carbocycles. The average molecular weight is 207 g/mol. The Morgan fingerprint density at radius 1 is 1.77 bits per heavy atom. The minimum Gasteiger partial charge on any atom is -0.466 e. The Hall–Kier alpha value is -0.770. The van der Waals surface area contributed by atoms with Gasteiger partial charge in [0.05, 0.1) is 24.9 Å². The van der Waals surface area contributed by atoms with Crippen molar-refractivity contribution in [2.45, 2.75) is 19.8 Å². The fraction of sp³-hybridized carbons (Fsp3) is 0.750. The van der Waals surface area contributed by atoms with Gasteiger partial charge in [0, 0.05) is 6.42 Å². The predicted molar refractivity (Wildman–Crippen MR) is 53.1 cm³/mol. The number of nitrogens with two attached hydrogens (primary N) is 1. The number of hydrogen-bond acceptors (Lipinski definition) is 4. The summed E-state index contributed by atoms with van der Waals surface area (Å²) in [6.45, 7) is 2.73. The van der Waals surface area contributed by atoms with Crippen LogP contribution in [0.4, 0.5) is 0 Å². The van der Waals surface area contributed by atoms with Gasteiger partial charge in [0.2, 0.25) is 0 Å². The van der Waals surface area contributed by atoms with Crippen molar-refractivity contribution in [3.8, 4) is 0 Å². The van der Waals surface area contributed by atoms with E-state index < -0.39 is 0 Å². The minimum atomic E-state index is -0.145. The first-order chi connectivity index (χ1) is 5.74. The molecule has 13 heavy (non-hydrogen) atoms. The first kappa shape index (κ1) is 12.2. The van der Waals surface area contributed by atoms with Crippen LogP contribution in [0.3, 0.4) is 0 Å². The molecule has 0 spiro atoms. The Morgan fingerprint density at radius 2 is 2.46 bits per heavy atom. The van der Waals surface area contributed by atoms with Crippen LogP contribution in [-0.2, 0) is 9.53 Å². The largest absolute Gasteiger partial charge is 0.466 e. The van der Waals surface area contributed by atoms with Crippen molar-refractivity contribution in [3.63, 3.8) is 0 Å². The maximum absolute atomic E-state index is 11.2. The molecule has 0 aromatic rings. The van der Waals surface area contributed by atoms with Crippen LogP contribution in [0.25, 0.3) is 0 Å². The van der Waals surface area contributed by atoms with Gasteiger partial charge in [-0.25, -0.2) is 0 Å². The molecule has 0 fully saturated rings. The SMILES string of the molecule is CCOC(=O)C1CCC(N)=NC1.Cl. The van der Waals surface area contributed by atoms with Crippen LogP contribution in [0.2, 0.25) is 0 Å². The summed E-state index contributed by atoms with van der Waals surface area (Å²) in [6, 6.07) is 0. The van der Waals surface area contributed by atoms with Crippen molar-refractivity contribution in [3.05, 3.63) is 0 Å². The zero-order valence-electron chi connectivity index (χ0n) is 7.66. The molecule has 2 N–H and O–H groups in total. The number of carbonyl (C=O) groups is 1. The molecule has 5 heteroatoms. The van der Waals surface area contributed by atoms with Gasteiger partial charge in [-0.1, -0.05) is 0 Å². The van der Waals surface area contributed by atoms with E-state index in [0.717, 1.165) is 6.42 Å². The summed E-state index contributed by atoms with van der Waals surface area (Å²) in [5.41, 5.74) is 5.47. The molecular formula is C8H15ClN2O2. The Labute approximate surface area is 84.0 Å². The second-order valence-electron chi connectivity index (χ2n) is 2.82. The fourth-order valence-electron chi connectivity index (χ4n) is 1.17. The quantitative estimate of drug-likeness (QED) is 0.678. The topological polar surface area (TPSA) is 64.7 Å². The highest BCUT2D eigenvalue weighted by molar-refractivity contribution is 5.85. The average Bonchev–Trinajstić information content (AvgIpc) is 2.06. The molecule has 0 bridgehead atoms. The number of carbonyl (C=O) groups excluding carboxylic acids is 1. The lowest BCUT2D eigenvalue weighted by molar-refractivity contribution is -0.147. The standard InChI is InChI=1S/C8H14N2O2.ClH/c1-2-12-8(11)6-3-4-7(9)10-5-6;/h6H,2-5H2,1H3,(H2,9,10);1H. The smallest absolute Gasteiger partial charge is 0.310 e. The first-order valence-electron chi connectivity index (χ1n) is 4.19. The molecule has 0 aromatic carbocycles.